The van der Waals surface area contributed by atoms with Gasteiger partial charge in [-0.1, -0.05) is 26.0 Å². The van der Waals surface area contributed by atoms with Crippen LogP contribution in [0.25, 0.3) is 0 Å². The predicted molar refractivity (Wildman–Crippen MR) is 67.0 cm³/mol. The summed E-state index contributed by atoms with van der Waals surface area (Å²) in [5, 5.41) is 0. The molecule has 0 bridgehead atoms. The molecule has 84 valence electrons. The number of nitrogens with zero attached hydrogens (tertiary/aromatic N) is 1. The third kappa shape index (κ3) is 2.51. The lowest BCUT2D eigenvalue weighted by atomic mass is 9.78. The van der Waals surface area contributed by atoms with Crippen LogP contribution in [0, 0.1) is 0 Å². The second-order valence-corrected chi connectivity index (χ2v) is 4.98. The Bertz CT molecular complexity index is 312. The lowest BCUT2D eigenvalue weighted by Crippen LogP contribution is -2.41. The molecule has 15 heavy (non-hydrogen) atoms. The van der Waals surface area contributed by atoms with Gasteiger partial charge in [-0.2, -0.15) is 0 Å². The second-order valence-electron chi connectivity index (χ2n) is 4.98. The zero-order valence-electron chi connectivity index (χ0n) is 10.4. The van der Waals surface area contributed by atoms with E-state index in [0.717, 1.165) is 5.69 Å². The van der Waals surface area contributed by atoms with Gasteiger partial charge in [0.15, 0.2) is 0 Å². The number of nitrogens with two attached hydrogens (primary N) is 1. The Balaban J connectivity index is 2.99. The van der Waals surface area contributed by atoms with Crippen LogP contribution in [0.2, 0.25) is 0 Å². The van der Waals surface area contributed by atoms with Gasteiger partial charge in [-0.25, -0.2) is 0 Å². The van der Waals surface area contributed by atoms with E-state index in [0.29, 0.717) is 6.04 Å². The summed E-state index contributed by atoms with van der Waals surface area (Å²) in [5.74, 6) is 0. The maximum Gasteiger partial charge on any atom is 0.0314 e. The zero-order chi connectivity index (χ0) is 11.6. The van der Waals surface area contributed by atoms with Crippen LogP contribution in [0.15, 0.2) is 24.3 Å². The third-order valence-electron chi connectivity index (χ3n) is 3.47. The molecule has 1 aromatic carbocycles. The van der Waals surface area contributed by atoms with Gasteiger partial charge in [0.05, 0.1) is 0 Å². The first-order valence-corrected chi connectivity index (χ1v) is 5.38. The molecule has 1 rings (SSSR count). The van der Waals surface area contributed by atoms with Crippen LogP contribution in [-0.2, 0) is 5.41 Å². The largest absolute Gasteiger partial charge is 0.399 e. The summed E-state index contributed by atoms with van der Waals surface area (Å²) >= 11 is 0. The Hall–Kier alpha value is -1.02. The van der Waals surface area contributed by atoms with Gasteiger partial charge in [-0.3, -0.25) is 0 Å². The van der Waals surface area contributed by atoms with Crippen LogP contribution in [0.5, 0.6) is 0 Å². The minimum Gasteiger partial charge on any atom is -0.399 e. The summed E-state index contributed by atoms with van der Waals surface area (Å²) in [7, 11) is 4.23. The average Bonchev–Trinajstić information content (AvgIpc) is 2.17. The molecule has 0 saturated carbocycles. The molecule has 0 fully saturated rings. The van der Waals surface area contributed by atoms with Crippen molar-refractivity contribution >= 4 is 5.69 Å². The summed E-state index contributed by atoms with van der Waals surface area (Å²) in [4.78, 5) is 2.25. The van der Waals surface area contributed by atoms with Crippen molar-refractivity contribution in [2.75, 3.05) is 19.8 Å². The van der Waals surface area contributed by atoms with E-state index in [4.69, 9.17) is 5.73 Å². The van der Waals surface area contributed by atoms with E-state index in [1.807, 2.05) is 12.1 Å². The summed E-state index contributed by atoms with van der Waals surface area (Å²) in [5.41, 5.74) is 7.99. The van der Waals surface area contributed by atoms with Gasteiger partial charge in [0.25, 0.3) is 0 Å². The number of hydrogen-bond acceptors (Lipinski definition) is 2. The van der Waals surface area contributed by atoms with E-state index < -0.39 is 0 Å². The van der Waals surface area contributed by atoms with E-state index in [1.54, 1.807) is 0 Å². The molecule has 0 aliphatic heterocycles. The summed E-state index contributed by atoms with van der Waals surface area (Å²) in [6.45, 7) is 6.78. The Morgan fingerprint density at radius 3 is 2.00 bits per heavy atom. The van der Waals surface area contributed by atoms with Crippen molar-refractivity contribution < 1.29 is 0 Å². The van der Waals surface area contributed by atoms with Gasteiger partial charge in [0.1, 0.15) is 0 Å². The number of benzene rings is 1. The normalized spacial score (nSPS) is 14.3. The summed E-state index contributed by atoms with van der Waals surface area (Å²) < 4.78 is 0. The number of hydrogen-bond donors (Lipinski definition) is 1. The fourth-order valence-corrected chi connectivity index (χ4v) is 1.80. The highest BCUT2D eigenvalue weighted by Crippen LogP contribution is 2.29. The topological polar surface area (TPSA) is 29.3 Å². The van der Waals surface area contributed by atoms with Crippen LogP contribution in [0.1, 0.15) is 26.3 Å². The van der Waals surface area contributed by atoms with Crippen LogP contribution < -0.4 is 5.73 Å². The van der Waals surface area contributed by atoms with Gasteiger partial charge in [-0.05, 0) is 38.7 Å². The maximum absolute atomic E-state index is 5.70. The van der Waals surface area contributed by atoms with Crippen molar-refractivity contribution in [2.45, 2.75) is 32.2 Å². The molecule has 2 nitrogen and oxygen atoms in total. The molecular formula is C13H22N2. The van der Waals surface area contributed by atoms with Gasteiger partial charge >= 0.3 is 0 Å². The highest BCUT2D eigenvalue weighted by atomic mass is 15.1. The molecule has 0 amide bonds. The SMILES string of the molecule is CC(N(C)C)C(C)(C)c1ccc(N)cc1. The Kier molecular flexibility index (Phi) is 3.40. The highest BCUT2D eigenvalue weighted by Gasteiger charge is 2.28. The quantitative estimate of drug-likeness (QED) is 0.770. The van der Waals surface area contributed by atoms with E-state index >= 15 is 0 Å². The first-order chi connectivity index (χ1) is 6.85. The van der Waals surface area contributed by atoms with Crippen molar-refractivity contribution in [3.05, 3.63) is 29.8 Å². The van der Waals surface area contributed by atoms with E-state index in [-0.39, 0.29) is 5.41 Å². The third-order valence-corrected chi connectivity index (χ3v) is 3.47. The van der Waals surface area contributed by atoms with Crippen molar-refractivity contribution in [3.8, 4) is 0 Å². The molecule has 0 saturated heterocycles. The molecule has 2 N–H and O–H groups in total. The fourth-order valence-electron chi connectivity index (χ4n) is 1.80. The minimum absolute atomic E-state index is 0.136. The molecule has 1 unspecified atom stereocenters. The van der Waals surface area contributed by atoms with Crippen molar-refractivity contribution in [1.82, 2.24) is 4.90 Å². The highest BCUT2D eigenvalue weighted by molar-refractivity contribution is 5.41. The molecule has 1 atom stereocenters. The number of nitrogen functional groups attached to an aromatic ring is 1. The van der Waals surface area contributed by atoms with Crippen LogP contribution in [0.4, 0.5) is 5.69 Å². The molecular weight excluding hydrogens is 184 g/mol. The number of rotatable bonds is 3. The van der Waals surface area contributed by atoms with Gasteiger partial charge in [0, 0.05) is 17.1 Å². The molecule has 0 spiro atoms. The number of anilines is 1. The van der Waals surface area contributed by atoms with E-state index in [1.165, 1.54) is 5.56 Å². The summed E-state index contributed by atoms with van der Waals surface area (Å²) in [6.07, 6.45) is 0. The Morgan fingerprint density at radius 2 is 1.60 bits per heavy atom. The molecule has 0 aromatic heterocycles. The van der Waals surface area contributed by atoms with Gasteiger partial charge in [-0.15, -0.1) is 0 Å². The van der Waals surface area contributed by atoms with Gasteiger partial charge in [0.2, 0.25) is 0 Å². The standard InChI is InChI=1S/C13H22N2/c1-10(15(4)5)13(2,3)11-6-8-12(14)9-7-11/h6-10H,14H2,1-5H3. The lowest BCUT2D eigenvalue weighted by molar-refractivity contribution is 0.216. The van der Waals surface area contributed by atoms with Gasteiger partial charge < -0.3 is 10.6 Å². The smallest absolute Gasteiger partial charge is 0.0314 e. The molecule has 0 aliphatic rings. The lowest BCUT2D eigenvalue weighted by Gasteiger charge is -2.36. The Labute approximate surface area is 93.1 Å². The summed E-state index contributed by atoms with van der Waals surface area (Å²) in [6, 6.07) is 8.67. The molecule has 0 radical (unpaired) electrons. The van der Waals surface area contributed by atoms with Crippen LogP contribution in [0.3, 0.4) is 0 Å². The molecule has 0 heterocycles. The number of likely N-dealkylation sites (N-methyl/N-ethyl adjacent to an activating group) is 1. The average molecular weight is 206 g/mol. The molecule has 2 heteroatoms. The van der Waals surface area contributed by atoms with Crippen molar-refractivity contribution in [3.63, 3.8) is 0 Å². The van der Waals surface area contributed by atoms with E-state index in [2.05, 4.69) is 51.9 Å². The monoisotopic (exact) mass is 206 g/mol. The van der Waals surface area contributed by atoms with Crippen molar-refractivity contribution in [2.24, 2.45) is 0 Å². The fraction of sp³-hybridized carbons (Fsp3) is 0.538. The minimum atomic E-state index is 0.136. The first kappa shape index (κ1) is 12.1. The van der Waals surface area contributed by atoms with E-state index in [9.17, 15) is 0 Å². The molecule has 0 aliphatic carbocycles. The maximum atomic E-state index is 5.70. The second kappa shape index (κ2) is 4.23. The van der Waals surface area contributed by atoms with Crippen LogP contribution >= 0.6 is 0 Å². The molecule has 1 aromatic rings. The Morgan fingerprint density at radius 1 is 1.13 bits per heavy atom. The zero-order valence-corrected chi connectivity index (χ0v) is 10.4. The van der Waals surface area contributed by atoms with Crippen molar-refractivity contribution in [1.29, 1.82) is 0 Å². The first-order valence-electron chi connectivity index (χ1n) is 5.38. The van der Waals surface area contributed by atoms with Crippen LogP contribution in [-0.4, -0.2) is 25.0 Å². The predicted octanol–water partition coefficient (Wildman–Crippen LogP) is 2.50.